The molecule has 178 valence electrons. The quantitative estimate of drug-likeness (QED) is 0.105. The summed E-state index contributed by atoms with van der Waals surface area (Å²) in [6.45, 7) is 19.0. The summed E-state index contributed by atoms with van der Waals surface area (Å²) >= 11 is 0. The second-order valence-electron chi connectivity index (χ2n) is 13.0. The molecule has 0 radical (unpaired) electrons. The lowest BCUT2D eigenvalue weighted by Crippen LogP contribution is -2.39. The van der Waals surface area contributed by atoms with Crippen LogP contribution in [0.25, 0.3) is 49.0 Å². The second-order valence-corrected chi connectivity index (χ2v) is 18.0. The van der Waals surface area contributed by atoms with Gasteiger partial charge in [0.05, 0.1) is 35.4 Å². The zero-order chi connectivity index (χ0) is 25.0. The van der Waals surface area contributed by atoms with E-state index in [4.69, 9.17) is 0 Å². The number of rotatable bonds is 2. The third-order valence-corrected chi connectivity index (χ3v) is 9.99. The molecule has 0 saturated carbocycles. The molecular formula is C32H37N2Si+. The summed E-state index contributed by atoms with van der Waals surface area (Å²) in [7, 11) is 0.695. The first-order valence-corrected chi connectivity index (χ1v) is 16.4. The fourth-order valence-electron chi connectivity index (χ4n) is 6.32. The van der Waals surface area contributed by atoms with Gasteiger partial charge in [-0.15, -0.1) is 0 Å². The predicted molar refractivity (Wildman–Crippen MR) is 155 cm³/mol. The van der Waals surface area contributed by atoms with Gasteiger partial charge in [-0.25, -0.2) is 4.57 Å². The molecule has 0 aliphatic carbocycles. The van der Waals surface area contributed by atoms with Crippen LogP contribution >= 0.6 is 0 Å². The lowest BCUT2D eigenvalue weighted by Gasteiger charge is -2.21. The van der Waals surface area contributed by atoms with Gasteiger partial charge in [-0.2, -0.15) is 0 Å². The third kappa shape index (κ3) is 3.17. The molecule has 3 aromatic carbocycles. The van der Waals surface area contributed by atoms with Crippen molar-refractivity contribution >= 4 is 62.3 Å². The van der Waals surface area contributed by atoms with Gasteiger partial charge in [-0.3, -0.25) is 0 Å². The van der Waals surface area contributed by atoms with Crippen LogP contribution in [-0.4, -0.2) is 12.5 Å². The highest BCUT2D eigenvalue weighted by Gasteiger charge is 2.28. The van der Waals surface area contributed by atoms with Crippen molar-refractivity contribution in [3.05, 3.63) is 65.4 Å². The molecule has 0 amide bonds. The summed E-state index contributed by atoms with van der Waals surface area (Å²) in [6.07, 6.45) is 3.35. The molecule has 0 aliphatic rings. The Bertz CT molecular complexity index is 1810. The van der Waals surface area contributed by atoms with Gasteiger partial charge < -0.3 is 4.40 Å². The first-order chi connectivity index (χ1) is 16.4. The maximum absolute atomic E-state index is 2.59. The first kappa shape index (κ1) is 22.5. The van der Waals surface area contributed by atoms with Crippen LogP contribution in [0.5, 0.6) is 0 Å². The highest BCUT2D eigenvalue weighted by atomic mass is 28.3. The van der Waals surface area contributed by atoms with Crippen LogP contribution in [0.2, 0.25) is 19.6 Å². The lowest BCUT2D eigenvalue weighted by molar-refractivity contribution is -0.643. The first-order valence-electron chi connectivity index (χ1n) is 12.9. The van der Waals surface area contributed by atoms with Crippen molar-refractivity contribution in [2.75, 3.05) is 0 Å². The second kappa shape index (κ2) is 7.07. The average Bonchev–Trinajstić information content (AvgIpc) is 3.06. The average molecular weight is 478 g/mol. The van der Waals surface area contributed by atoms with Crippen LogP contribution in [0.1, 0.15) is 37.5 Å². The zero-order valence-corrected chi connectivity index (χ0v) is 23.7. The van der Waals surface area contributed by atoms with Crippen molar-refractivity contribution in [2.45, 2.75) is 60.7 Å². The molecule has 3 heteroatoms. The largest absolute Gasteiger partial charge is 0.307 e. The Balaban J connectivity index is 1.94. The minimum Gasteiger partial charge on any atom is -0.307 e. The molecule has 2 nitrogen and oxygen atoms in total. The van der Waals surface area contributed by atoms with Crippen LogP contribution in [0.15, 0.2) is 48.7 Å². The highest BCUT2D eigenvalue weighted by Crippen LogP contribution is 2.42. The third-order valence-electron chi connectivity index (χ3n) is 7.93. The fraction of sp³-hybridized carbons (Fsp3) is 0.344. The van der Waals surface area contributed by atoms with E-state index in [1.54, 1.807) is 5.19 Å². The van der Waals surface area contributed by atoms with E-state index in [2.05, 4.69) is 119 Å². The van der Waals surface area contributed by atoms with E-state index in [9.17, 15) is 0 Å². The van der Waals surface area contributed by atoms with Crippen LogP contribution in [-0.2, 0) is 13.5 Å². The van der Waals surface area contributed by atoms with Gasteiger partial charge in [0.25, 0.3) is 0 Å². The molecule has 6 rings (SSSR count). The molecule has 0 spiro atoms. The van der Waals surface area contributed by atoms with Crippen LogP contribution < -0.4 is 9.75 Å². The molecule has 0 fully saturated rings. The normalized spacial score (nSPS) is 13.4. The summed E-state index contributed by atoms with van der Waals surface area (Å²) < 4.78 is 4.94. The van der Waals surface area contributed by atoms with Gasteiger partial charge in [-0.1, -0.05) is 63.8 Å². The van der Waals surface area contributed by atoms with E-state index in [0.717, 1.165) is 6.42 Å². The number of pyridine rings is 2. The molecule has 0 bridgehead atoms. The lowest BCUT2D eigenvalue weighted by atomic mass is 9.88. The van der Waals surface area contributed by atoms with E-state index in [1.807, 2.05) is 0 Å². The van der Waals surface area contributed by atoms with Crippen molar-refractivity contribution < 1.29 is 4.57 Å². The van der Waals surface area contributed by atoms with Gasteiger partial charge in [-0.05, 0) is 66.0 Å². The number of benzene rings is 3. The van der Waals surface area contributed by atoms with Crippen molar-refractivity contribution in [1.29, 1.82) is 0 Å². The Kier molecular flexibility index (Phi) is 4.55. The molecule has 0 atom stereocenters. The summed E-state index contributed by atoms with van der Waals surface area (Å²) in [5, 5.41) is 8.53. The summed E-state index contributed by atoms with van der Waals surface area (Å²) in [5.41, 5.74) is 9.84. The monoisotopic (exact) mass is 477 g/mol. The van der Waals surface area contributed by atoms with Crippen molar-refractivity contribution in [3.63, 3.8) is 0 Å². The van der Waals surface area contributed by atoms with Crippen LogP contribution in [0.4, 0.5) is 0 Å². The van der Waals surface area contributed by atoms with E-state index in [-0.39, 0.29) is 5.41 Å². The molecule has 0 aliphatic heterocycles. The van der Waals surface area contributed by atoms with Gasteiger partial charge in [0.15, 0.2) is 6.20 Å². The van der Waals surface area contributed by atoms with Crippen LogP contribution in [0, 0.1) is 19.3 Å². The molecule has 6 aromatic rings. The van der Waals surface area contributed by atoms with Crippen molar-refractivity contribution in [3.8, 4) is 0 Å². The SMILES string of the molecule is Cc1cc2c3ccc(CC(C)(C)C)cc3n3c4ccc([Si](C)(C)C)c5cc[n+](C)c(c(c1C)c23)c54. The minimum absolute atomic E-state index is 0.256. The Labute approximate surface area is 209 Å². The molecule has 0 unspecified atom stereocenters. The fourth-order valence-corrected chi connectivity index (χ4v) is 7.92. The van der Waals surface area contributed by atoms with E-state index in [1.165, 1.54) is 65.7 Å². The summed E-state index contributed by atoms with van der Waals surface area (Å²) in [6, 6.07) is 16.8. The van der Waals surface area contributed by atoms with Gasteiger partial charge in [0.1, 0.15) is 7.05 Å². The van der Waals surface area contributed by atoms with Gasteiger partial charge in [0, 0.05) is 16.8 Å². The standard InChI is InChI=1S/C32H37N2Si/c1-19-16-24-22-11-10-21(18-32(3,4)5)17-26(22)34-25-12-13-27(35(7,8)9)23-14-15-33(6)31(29(23)25)28(20(19)2)30(24)34/h10-17H,18H2,1-9H3/q+1. The molecule has 3 aromatic heterocycles. The van der Waals surface area contributed by atoms with E-state index in [0.29, 0.717) is 0 Å². The van der Waals surface area contributed by atoms with E-state index >= 15 is 0 Å². The maximum atomic E-state index is 2.59. The molecule has 0 saturated heterocycles. The van der Waals surface area contributed by atoms with Gasteiger partial charge >= 0.3 is 0 Å². The van der Waals surface area contributed by atoms with E-state index < -0.39 is 8.07 Å². The smallest absolute Gasteiger partial charge is 0.224 e. The Hall–Kier alpha value is -2.91. The Morgan fingerprint density at radius 3 is 2.26 bits per heavy atom. The summed E-state index contributed by atoms with van der Waals surface area (Å²) in [4.78, 5) is 0. The molecular weight excluding hydrogens is 440 g/mol. The highest BCUT2D eigenvalue weighted by molar-refractivity contribution is 6.90. The Morgan fingerprint density at radius 2 is 1.57 bits per heavy atom. The molecule has 0 N–H and O–H groups in total. The number of nitrogens with zero attached hydrogens (tertiary/aromatic N) is 2. The Morgan fingerprint density at radius 1 is 0.829 bits per heavy atom. The topological polar surface area (TPSA) is 8.29 Å². The number of fused-ring (bicyclic) bond motifs is 5. The van der Waals surface area contributed by atoms with Crippen molar-refractivity contribution in [2.24, 2.45) is 12.5 Å². The minimum atomic E-state index is -1.52. The van der Waals surface area contributed by atoms with Crippen molar-refractivity contribution in [1.82, 2.24) is 4.40 Å². The predicted octanol–water partition coefficient (Wildman–Crippen LogP) is 7.57. The number of aryl methyl sites for hydroxylation is 3. The maximum Gasteiger partial charge on any atom is 0.224 e. The number of hydrogen-bond acceptors (Lipinski definition) is 0. The zero-order valence-electron chi connectivity index (χ0n) is 22.7. The molecule has 35 heavy (non-hydrogen) atoms. The van der Waals surface area contributed by atoms with Crippen LogP contribution in [0.3, 0.4) is 0 Å². The van der Waals surface area contributed by atoms with Gasteiger partial charge in [0.2, 0.25) is 5.52 Å². The molecule has 3 heterocycles. The summed E-state index contributed by atoms with van der Waals surface area (Å²) in [5.74, 6) is 0. The number of aromatic nitrogens is 2. The number of hydrogen-bond donors (Lipinski definition) is 0.